The highest BCUT2D eigenvalue weighted by atomic mass is 79.9. The Morgan fingerprint density at radius 3 is 2.53 bits per heavy atom. The van der Waals surface area contributed by atoms with Crippen molar-refractivity contribution < 1.29 is 9.50 Å². The van der Waals surface area contributed by atoms with Crippen molar-refractivity contribution in [3.05, 3.63) is 69.9 Å². The van der Waals surface area contributed by atoms with Gasteiger partial charge in [0.15, 0.2) is 0 Å². The highest BCUT2D eigenvalue weighted by molar-refractivity contribution is 9.10. The fourth-order valence-electron chi connectivity index (χ4n) is 1.86. The Morgan fingerprint density at radius 2 is 1.89 bits per heavy atom. The summed E-state index contributed by atoms with van der Waals surface area (Å²) >= 11 is 3.16. The number of rotatable bonds is 5. The first kappa shape index (κ1) is 14.2. The van der Waals surface area contributed by atoms with Crippen LogP contribution in [0.4, 0.5) is 4.39 Å². The molecule has 0 heterocycles. The van der Waals surface area contributed by atoms with E-state index < -0.39 is 0 Å². The molecule has 0 bridgehead atoms. The first-order chi connectivity index (χ1) is 9.20. The molecule has 2 N–H and O–H groups in total. The zero-order valence-electron chi connectivity index (χ0n) is 10.3. The molecule has 1 atom stereocenters. The molecule has 2 rings (SSSR count). The van der Waals surface area contributed by atoms with E-state index in [1.54, 1.807) is 12.1 Å². The SMILES string of the molecule is OCC(NCc1ccc(F)c(Br)c1)c1ccccc1. The summed E-state index contributed by atoms with van der Waals surface area (Å²) < 4.78 is 13.6. The summed E-state index contributed by atoms with van der Waals surface area (Å²) in [5, 5.41) is 12.7. The second-order valence-corrected chi connectivity index (χ2v) is 5.13. The number of hydrogen-bond acceptors (Lipinski definition) is 2. The molecule has 19 heavy (non-hydrogen) atoms. The van der Waals surface area contributed by atoms with E-state index in [1.165, 1.54) is 6.07 Å². The number of aliphatic hydroxyl groups is 1. The lowest BCUT2D eigenvalue weighted by Gasteiger charge is -2.16. The minimum absolute atomic E-state index is 0.0202. The minimum atomic E-state index is -0.273. The van der Waals surface area contributed by atoms with Gasteiger partial charge in [0.05, 0.1) is 17.1 Å². The van der Waals surface area contributed by atoms with Gasteiger partial charge in [-0.1, -0.05) is 36.4 Å². The predicted molar refractivity (Wildman–Crippen MR) is 77.2 cm³/mol. The van der Waals surface area contributed by atoms with E-state index in [2.05, 4.69) is 21.2 Å². The van der Waals surface area contributed by atoms with E-state index in [1.807, 2.05) is 30.3 Å². The van der Waals surface area contributed by atoms with Gasteiger partial charge in [-0.3, -0.25) is 0 Å². The number of nitrogens with one attached hydrogen (secondary N) is 1. The largest absolute Gasteiger partial charge is 0.394 e. The first-order valence-electron chi connectivity index (χ1n) is 6.04. The number of hydrogen-bond donors (Lipinski definition) is 2. The second kappa shape index (κ2) is 6.80. The molecule has 0 aliphatic heterocycles. The van der Waals surface area contributed by atoms with Crippen molar-refractivity contribution in [3.63, 3.8) is 0 Å². The smallest absolute Gasteiger partial charge is 0.137 e. The summed E-state index contributed by atoms with van der Waals surface area (Å²) in [6, 6.07) is 14.5. The molecule has 0 aliphatic rings. The molecule has 0 spiro atoms. The fraction of sp³-hybridized carbons (Fsp3) is 0.200. The summed E-state index contributed by atoms with van der Waals surface area (Å²) in [6.45, 7) is 0.589. The van der Waals surface area contributed by atoms with Gasteiger partial charge >= 0.3 is 0 Å². The maximum atomic E-state index is 13.1. The predicted octanol–water partition coefficient (Wildman–Crippen LogP) is 3.41. The van der Waals surface area contributed by atoms with Crippen LogP contribution in [0.5, 0.6) is 0 Å². The highest BCUT2D eigenvalue weighted by Crippen LogP contribution is 2.18. The topological polar surface area (TPSA) is 32.3 Å². The molecule has 0 aliphatic carbocycles. The summed E-state index contributed by atoms with van der Waals surface area (Å²) in [4.78, 5) is 0. The maximum absolute atomic E-state index is 13.1. The third-order valence-electron chi connectivity index (χ3n) is 2.92. The third-order valence-corrected chi connectivity index (χ3v) is 3.53. The maximum Gasteiger partial charge on any atom is 0.137 e. The van der Waals surface area contributed by atoms with Crippen LogP contribution in [0, 0.1) is 5.82 Å². The Morgan fingerprint density at radius 1 is 1.16 bits per heavy atom. The molecule has 2 aromatic rings. The van der Waals surface area contributed by atoms with E-state index in [4.69, 9.17) is 0 Å². The summed E-state index contributed by atoms with van der Waals surface area (Å²) in [7, 11) is 0. The van der Waals surface area contributed by atoms with Crippen LogP contribution < -0.4 is 5.32 Å². The molecule has 0 fully saturated rings. The van der Waals surface area contributed by atoms with Crippen molar-refractivity contribution in [2.75, 3.05) is 6.61 Å². The number of halogens is 2. The molecule has 0 saturated heterocycles. The van der Waals surface area contributed by atoms with Gasteiger partial charge < -0.3 is 10.4 Å². The molecule has 1 unspecified atom stereocenters. The molecule has 4 heteroatoms. The zero-order chi connectivity index (χ0) is 13.7. The van der Waals surface area contributed by atoms with Crippen LogP contribution in [0.15, 0.2) is 53.0 Å². The van der Waals surface area contributed by atoms with Gasteiger partial charge in [-0.05, 0) is 39.2 Å². The van der Waals surface area contributed by atoms with E-state index >= 15 is 0 Å². The average Bonchev–Trinajstić information content (AvgIpc) is 2.44. The van der Waals surface area contributed by atoms with Crippen LogP contribution in [0.2, 0.25) is 0 Å². The molecular weight excluding hydrogens is 309 g/mol. The van der Waals surface area contributed by atoms with E-state index in [9.17, 15) is 9.50 Å². The minimum Gasteiger partial charge on any atom is -0.394 e. The molecule has 2 nitrogen and oxygen atoms in total. The molecule has 0 saturated carbocycles. The third kappa shape index (κ3) is 3.86. The van der Waals surface area contributed by atoms with Gasteiger partial charge in [-0.2, -0.15) is 0 Å². The molecule has 0 aromatic heterocycles. The van der Waals surface area contributed by atoms with Crippen molar-refractivity contribution in [1.29, 1.82) is 0 Å². The van der Waals surface area contributed by atoms with Crippen molar-refractivity contribution in [3.8, 4) is 0 Å². The molecule has 100 valence electrons. The molecular formula is C15H15BrFNO. The van der Waals surface area contributed by atoms with E-state index in [0.717, 1.165) is 11.1 Å². The van der Waals surface area contributed by atoms with Crippen molar-refractivity contribution in [1.82, 2.24) is 5.32 Å². The average molecular weight is 324 g/mol. The summed E-state index contributed by atoms with van der Waals surface area (Å²) in [6.07, 6.45) is 0. The van der Waals surface area contributed by atoms with Crippen LogP contribution in [0.1, 0.15) is 17.2 Å². The van der Waals surface area contributed by atoms with Gasteiger partial charge in [0.1, 0.15) is 5.82 Å². The Hall–Kier alpha value is -1.23. The normalized spacial score (nSPS) is 12.4. The Bertz CT molecular complexity index is 533. The Labute approximate surface area is 120 Å². The summed E-state index contributed by atoms with van der Waals surface area (Å²) in [5.41, 5.74) is 1.99. The van der Waals surface area contributed by atoms with E-state index in [0.29, 0.717) is 11.0 Å². The quantitative estimate of drug-likeness (QED) is 0.883. The van der Waals surface area contributed by atoms with Crippen LogP contribution in [-0.2, 0) is 6.54 Å². The van der Waals surface area contributed by atoms with Crippen molar-refractivity contribution in [2.24, 2.45) is 0 Å². The molecule has 0 amide bonds. The lowest BCUT2D eigenvalue weighted by molar-refractivity contribution is 0.243. The van der Waals surface area contributed by atoms with Crippen LogP contribution in [-0.4, -0.2) is 11.7 Å². The van der Waals surface area contributed by atoms with Gasteiger partial charge in [-0.15, -0.1) is 0 Å². The standard InChI is InChI=1S/C15H15BrFNO/c16-13-8-11(6-7-14(13)17)9-18-15(10-19)12-4-2-1-3-5-12/h1-8,15,18-19H,9-10H2. The fourth-order valence-corrected chi connectivity index (χ4v) is 2.29. The lowest BCUT2D eigenvalue weighted by Crippen LogP contribution is -2.23. The Kier molecular flexibility index (Phi) is 5.07. The second-order valence-electron chi connectivity index (χ2n) is 4.28. The van der Waals surface area contributed by atoms with Gasteiger partial charge in [0, 0.05) is 6.54 Å². The van der Waals surface area contributed by atoms with Crippen molar-refractivity contribution >= 4 is 15.9 Å². The van der Waals surface area contributed by atoms with Crippen LogP contribution >= 0.6 is 15.9 Å². The molecule has 0 radical (unpaired) electrons. The van der Waals surface area contributed by atoms with Crippen LogP contribution in [0.3, 0.4) is 0 Å². The van der Waals surface area contributed by atoms with Gasteiger partial charge in [0.25, 0.3) is 0 Å². The first-order valence-corrected chi connectivity index (χ1v) is 6.83. The van der Waals surface area contributed by atoms with E-state index in [-0.39, 0.29) is 18.5 Å². The Balaban J connectivity index is 2.02. The highest BCUT2D eigenvalue weighted by Gasteiger charge is 2.09. The summed E-state index contributed by atoms with van der Waals surface area (Å²) in [5.74, 6) is -0.273. The number of benzene rings is 2. The van der Waals surface area contributed by atoms with Gasteiger partial charge in [-0.25, -0.2) is 4.39 Å². The number of aliphatic hydroxyl groups excluding tert-OH is 1. The van der Waals surface area contributed by atoms with Crippen LogP contribution in [0.25, 0.3) is 0 Å². The monoisotopic (exact) mass is 323 g/mol. The molecule has 2 aromatic carbocycles. The van der Waals surface area contributed by atoms with Gasteiger partial charge in [0.2, 0.25) is 0 Å². The van der Waals surface area contributed by atoms with Crippen molar-refractivity contribution in [2.45, 2.75) is 12.6 Å². The zero-order valence-corrected chi connectivity index (χ0v) is 11.9. The lowest BCUT2D eigenvalue weighted by atomic mass is 10.1.